The molecule has 1 aromatic rings. The lowest BCUT2D eigenvalue weighted by atomic mass is 10.1. The van der Waals surface area contributed by atoms with Crippen LogP contribution in [-0.4, -0.2) is 52.0 Å². The van der Waals surface area contributed by atoms with Gasteiger partial charge in [-0.3, -0.25) is 0 Å². The standard InChI is InChI=1S/C11H14O5.H2O/c12-8-6-15-11(10(14)9(8)13)16-7-4-2-1-3-5-7;/h1-5,8-14H,6H2;1H2/t8-,9-,10+,11+;/m0./s1. The highest BCUT2D eigenvalue weighted by Gasteiger charge is 2.38. The molecule has 1 heterocycles. The Morgan fingerprint density at radius 3 is 2.35 bits per heavy atom. The number of aliphatic hydroxyl groups is 3. The first-order valence-corrected chi connectivity index (χ1v) is 5.06. The maximum atomic E-state index is 9.61. The highest BCUT2D eigenvalue weighted by atomic mass is 16.7. The fourth-order valence-electron chi connectivity index (χ4n) is 1.52. The van der Waals surface area contributed by atoms with Gasteiger partial charge in [-0.05, 0) is 12.1 Å². The molecule has 0 unspecified atom stereocenters. The molecule has 4 atom stereocenters. The molecule has 1 saturated heterocycles. The SMILES string of the molecule is O.O[C@@H]1[C@@H](O)[C@@H](Oc2ccccc2)OC[C@@H]1O. The second-order valence-electron chi connectivity index (χ2n) is 3.68. The molecule has 17 heavy (non-hydrogen) atoms. The number of para-hydroxylation sites is 1. The van der Waals surface area contributed by atoms with Crippen molar-refractivity contribution < 1.29 is 30.3 Å². The van der Waals surface area contributed by atoms with Crippen LogP contribution in [0.1, 0.15) is 0 Å². The zero-order valence-corrected chi connectivity index (χ0v) is 9.06. The third-order valence-corrected chi connectivity index (χ3v) is 2.45. The van der Waals surface area contributed by atoms with Crippen LogP contribution in [0.3, 0.4) is 0 Å². The molecular formula is C11H16O6. The molecule has 0 amide bonds. The van der Waals surface area contributed by atoms with E-state index in [0.29, 0.717) is 5.75 Å². The normalized spacial score (nSPS) is 32.6. The zero-order chi connectivity index (χ0) is 11.5. The predicted molar refractivity (Wildman–Crippen MR) is 58.4 cm³/mol. The summed E-state index contributed by atoms with van der Waals surface area (Å²) < 4.78 is 10.4. The average molecular weight is 244 g/mol. The van der Waals surface area contributed by atoms with Crippen molar-refractivity contribution >= 4 is 0 Å². The molecule has 1 aliphatic heterocycles. The van der Waals surface area contributed by atoms with Crippen LogP contribution in [0.4, 0.5) is 0 Å². The second-order valence-corrected chi connectivity index (χ2v) is 3.68. The maximum Gasteiger partial charge on any atom is 0.228 e. The van der Waals surface area contributed by atoms with Crippen molar-refractivity contribution in [3.8, 4) is 5.75 Å². The highest BCUT2D eigenvalue weighted by Crippen LogP contribution is 2.19. The summed E-state index contributed by atoms with van der Waals surface area (Å²) >= 11 is 0. The van der Waals surface area contributed by atoms with Crippen LogP contribution >= 0.6 is 0 Å². The van der Waals surface area contributed by atoms with Gasteiger partial charge in [-0.2, -0.15) is 0 Å². The highest BCUT2D eigenvalue weighted by molar-refractivity contribution is 5.21. The summed E-state index contributed by atoms with van der Waals surface area (Å²) in [6.07, 6.45) is -4.54. The van der Waals surface area contributed by atoms with Gasteiger partial charge in [0.25, 0.3) is 0 Å². The molecule has 2 rings (SSSR count). The van der Waals surface area contributed by atoms with Gasteiger partial charge in [-0.15, -0.1) is 0 Å². The first-order chi connectivity index (χ1) is 7.68. The Balaban J connectivity index is 0.00000144. The van der Waals surface area contributed by atoms with Crippen LogP contribution in [0.2, 0.25) is 0 Å². The van der Waals surface area contributed by atoms with Crippen molar-refractivity contribution in [1.82, 2.24) is 0 Å². The lowest BCUT2D eigenvalue weighted by molar-refractivity contribution is -0.242. The van der Waals surface area contributed by atoms with E-state index in [0.717, 1.165) is 0 Å². The maximum absolute atomic E-state index is 9.61. The van der Waals surface area contributed by atoms with Gasteiger partial charge in [0, 0.05) is 0 Å². The van der Waals surface area contributed by atoms with E-state index >= 15 is 0 Å². The van der Waals surface area contributed by atoms with Gasteiger partial charge in [-0.1, -0.05) is 18.2 Å². The number of aliphatic hydroxyl groups excluding tert-OH is 3. The van der Waals surface area contributed by atoms with Crippen LogP contribution in [0.25, 0.3) is 0 Å². The molecule has 1 fully saturated rings. The van der Waals surface area contributed by atoms with Gasteiger partial charge in [-0.25, -0.2) is 0 Å². The Bertz CT molecular complexity index is 330. The molecule has 1 aromatic carbocycles. The average Bonchev–Trinajstić information content (AvgIpc) is 2.31. The van der Waals surface area contributed by atoms with Gasteiger partial charge in [0.05, 0.1) is 6.61 Å². The van der Waals surface area contributed by atoms with Gasteiger partial charge in [0.15, 0.2) is 0 Å². The van der Waals surface area contributed by atoms with Crippen molar-refractivity contribution in [3.63, 3.8) is 0 Å². The van der Waals surface area contributed by atoms with Crippen molar-refractivity contribution in [2.24, 2.45) is 0 Å². The van der Waals surface area contributed by atoms with Crippen molar-refractivity contribution in [3.05, 3.63) is 30.3 Å². The number of hydrogen-bond donors (Lipinski definition) is 3. The number of hydrogen-bond acceptors (Lipinski definition) is 5. The van der Waals surface area contributed by atoms with E-state index < -0.39 is 24.6 Å². The summed E-state index contributed by atoms with van der Waals surface area (Å²) in [6, 6.07) is 8.84. The lowest BCUT2D eigenvalue weighted by Gasteiger charge is -2.34. The number of benzene rings is 1. The molecule has 5 N–H and O–H groups in total. The predicted octanol–water partition coefficient (Wildman–Crippen LogP) is -1.32. The second kappa shape index (κ2) is 5.95. The van der Waals surface area contributed by atoms with E-state index in [2.05, 4.69) is 0 Å². The zero-order valence-electron chi connectivity index (χ0n) is 9.06. The van der Waals surface area contributed by atoms with E-state index in [1.807, 2.05) is 6.07 Å². The van der Waals surface area contributed by atoms with E-state index in [9.17, 15) is 15.3 Å². The quantitative estimate of drug-likeness (QED) is 0.597. The van der Waals surface area contributed by atoms with Crippen molar-refractivity contribution in [2.45, 2.75) is 24.6 Å². The topological polar surface area (TPSA) is 111 Å². The van der Waals surface area contributed by atoms with Gasteiger partial charge >= 0.3 is 0 Å². The molecule has 6 nitrogen and oxygen atoms in total. The van der Waals surface area contributed by atoms with Gasteiger partial charge in [0.2, 0.25) is 6.29 Å². The van der Waals surface area contributed by atoms with E-state index in [-0.39, 0.29) is 12.1 Å². The molecule has 0 spiro atoms. The summed E-state index contributed by atoms with van der Waals surface area (Å²) in [5.41, 5.74) is 0. The van der Waals surface area contributed by atoms with E-state index in [1.54, 1.807) is 24.3 Å². The van der Waals surface area contributed by atoms with Gasteiger partial charge < -0.3 is 30.3 Å². The Kier molecular flexibility index (Phi) is 4.86. The third-order valence-electron chi connectivity index (χ3n) is 2.45. The molecular weight excluding hydrogens is 228 g/mol. The smallest absolute Gasteiger partial charge is 0.228 e. The summed E-state index contributed by atoms with van der Waals surface area (Å²) in [7, 11) is 0. The first kappa shape index (κ1) is 13.9. The van der Waals surface area contributed by atoms with Crippen LogP contribution in [0.5, 0.6) is 5.75 Å². The summed E-state index contributed by atoms with van der Waals surface area (Å²) in [6.45, 7) is -0.0598. The third kappa shape index (κ3) is 3.15. The van der Waals surface area contributed by atoms with E-state index in [4.69, 9.17) is 9.47 Å². The lowest BCUT2D eigenvalue weighted by Crippen LogP contribution is -2.54. The summed E-state index contributed by atoms with van der Waals surface area (Å²) in [5, 5.41) is 28.3. The van der Waals surface area contributed by atoms with Crippen LogP contribution < -0.4 is 4.74 Å². The fraction of sp³-hybridized carbons (Fsp3) is 0.455. The number of ether oxygens (including phenoxy) is 2. The molecule has 0 aliphatic carbocycles. The Morgan fingerprint density at radius 1 is 1.06 bits per heavy atom. The molecule has 96 valence electrons. The first-order valence-electron chi connectivity index (χ1n) is 5.06. The van der Waals surface area contributed by atoms with Crippen molar-refractivity contribution in [1.29, 1.82) is 0 Å². The molecule has 0 aromatic heterocycles. The van der Waals surface area contributed by atoms with E-state index in [1.165, 1.54) is 0 Å². The minimum Gasteiger partial charge on any atom is -0.462 e. The molecule has 1 aliphatic rings. The Labute approximate surface area is 98.3 Å². The van der Waals surface area contributed by atoms with Crippen LogP contribution in [0.15, 0.2) is 30.3 Å². The molecule has 6 heteroatoms. The summed E-state index contributed by atoms with van der Waals surface area (Å²) in [5.74, 6) is 0.537. The largest absolute Gasteiger partial charge is 0.462 e. The monoisotopic (exact) mass is 244 g/mol. The molecule has 0 bridgehead atoms. The van der Waals surface area contributed by atoms with Crippen molar-refractivity contribution in [2.75, 3.05) is 6.61 Å². The van der Waals surface area contributed by atoms with Crippen LogP contribution in [0, 0.1) is 0 Å². The Morgan fingerprint density at radius 2 is 1.71 bits per heavy atom. The summed E-state index contributed by atoms with van der Waals surface area (Å²) in [4.78, 5) is 0. The minimum atomic E-state index is -1.26. The minimum absolute atomic E-state index is 0. The molecule has 0 saturated carbocycles. The number of rotatable bonds is 2. The van der Waals surface area contributed by atoms with Gasteiger partial charge in [0.1, 0.15) is 24.1 Å². The molecule has 0 radical (unpaired) electrons. The van der Waals surface area contributed by atoms with Crippen LogP contribution in [-0.2, 0) is 4.74 Å². The fourth-order valence-corrected chi connectivity index (χ4v) is 1.52. The Hall–Kier alpha value is -1.18.